The molecule has 1 unspecified atom stereocenters. The largest absolute Gasteiger partial charge is 0.289 e. The van der Waals surface area contributed by atoms with E-state index in [1.54, 1.807) is 0 Å². The van der Waals surface area contributed by atoms with Crippen molar-refractivity contribution in [3.8, 4) is 0 Å². The second-order valence-corrected chi connectivity index (χ2v) is 10.5. The number of rotatable bonds is 0. The Bertz CT molecular complexity index is 2390. The average Bonchev–Trinajstić information content (AvgIpc) is 3.53. The fourth-order valence-electron chi connectivity index (χ4n) is 6.14. The molecule has 1 aliphatic carbocycles. The molecular weight excluding hydrogens is 480 g/mol. The van der Waals surface area contributed by atoms with Crippen LogP contribution in [0.1, 0.15) is 18.3 Å². The van der Waals surface area contributed by atoms with Crippen LogP contribution in [0.4, 0.5) is 0 Å². The van der Waals surface area contributed by atoms with Crippen LogP contribution in [0.5, 0.6) is 0 Å². The summed E-state index contributed by atoms with van der Waals surface area (Å²) >= 11 is 0. The second kappa shape index (κ2) is 7.48. The number of nitrogens with zero attached hydrogens (tertiary/aromatic N) is 6. The van der Waals surface area contributed by atoms with Crippen LogP contribution >= 0.6 is 0 Å². The van der Waals surface area contributed by atoms with Crippen molar-refractivity contribution >= 4 is 72.3 Å². The minimum absolute atomic E-state index is 0.427. The van der Waals surface area contributed by atoms with Crippen molar-refractivity contribution in [2.75, 3.05) is 0 Å². The van der Waals surface area contributed by atoms with Gasteiger partial charge in [-0.15, -0.1) is 0 Å². The zero-order chi connectivity index (χ0) is 25.7. The molecule has 8 aromatic rings. The number of imidazole rings is 2. The number of fused-ring (bicyclic) bond motifs is 14. The fourth-order valence-corrected chi connectivity index (χ4v) is 6.14. The summed E-state index contributed by atoms with van der Waals surface area (Å²) < 4.78 is 4.48. The maximum Gasteiger partial charge on any atom is 0.166 e. The van der Waals surface area contributed by atoms with Crippen molar-refractivity contribution in [1.29, 1.82) is 0 Å². The molecule has 0 bridgehead atoms. The normalized spacial score (nSPS) is 15.4. The fraction of sp³-hybridized carbons (Fsp3) is 0.0909. The van der Waals surface area contributed by atoms with Crippen LogP contribution in [-0.2, 0) is 6.42 Å². The maximum absolute atomic E-state index is 5.30. The second-order valence-electron chi connectivity index (χ2n) is 10.5. The number of pyridine rings is 2. The van der Waals surface area contributed by atoms with Crippen LogP contribution in [0.2, 0.25) is 0 Å². The molecule has 0 saturated carbocycles. The average molecular weight is 503 g/mol. The molecule has 9 rings (SSSR count). The molecule has 6 nitrogen and oxygen atoms in total. The van der Waals surface area contributed by atoms with E-state index in [0.29, 0.717) is 5.92 Å². The lowest BCUT2D eigenvalue weighted by molar-refractivity contribution is 0.703. The maximum atomic E-state index is 5.30. The molecule has 0 saturated heterocycles. The highest BCUT2D eigenvalue weighted by atomic mass is 15.1. The summed E-state index contributed by atoms with van der Waals surface area (Å²) in [4.78, 5) is 21.0. The molecular formula is C33H22N6. The molecule has 5 aromatic heterocycles. The SMILES string of the molecule is CC1C=Cc2c(nc3c4nc5ccccc5cc4n4c5ccccc5nc4c4nc5ccccc5cc4n23)C1. The van der Waals surface area contributed by atoms with Crippen LogP contribution in [0.3, 0.4) is 0 Å². The zero-order valence-electron chi connectivity index (χ0n) is 21.2. The highest BCUT2D eigenvalue weighted by Gasteiger charge is 2.22. The molecule has 1 atom stereocenters. The van der Waals surface area contributed by atoms with Gasteiger partial charge in [-0.3, -0.25) is 8.80 Å². The van der Waals surface area contributed by atoms with Gasteiger partial charge in [-0.25, -0.2) is 19.9 Å². The predicted molar refractivity (Wildman–Crippen MR) is 158 cm³/mol. The first kappa shape index (κ1) is 20.9. The van der Waals surface area contributed by atoms with Crippen molar-refractivity contribution in [1.82, 2.24) is 28.7 Å². The van der Waals surface area contributed by atoms with Crippen molar-refractivity contribution in [2.45, 2.75) is 13.3 Å². The van der Waals surface area contributed by atoms with E-state index in [4.69, 9.17) is 19.9 Å². The van der Waals surface area contributed by atoms with Crippen molar-refractivity contribution < 1.29 is 0 Å². The van der Waals surface area contributed by atoms with Gasteiger partial charge in [-0.05, 0) is 54.8 Å². The van der Waals surface area contributed by atoms with E-state index in [1.165, 1.54) is 0 Å². The molecule has 0 amide bonds. The smallest absolute Gasteiger partial charge is 0.166 e. The van der Waals surface area contributed by atoms with E-state index in [0.717, 1.165) is 84.0 Å². The zero-order valence-corrected chi connectivity index (χ0v) is 21.2. The van der Waals surface area contributed by atoms with Gasteiger partial charge in [0.1, 0.15) is 11.0 Å². The molecule has 5 heterocycles. The Morgan fingerprint density at radius 2 is 1.21 bits per heavy atom. The minimum Gasteiger partial charge on any atom is -0.289 e. The lowest BCUT2D eigenvalue weighted by Crippen LogP contribution is -2.04. The van der Waals surface area contributed by atoms with Gasteiger partial charge < -0.3 is 0 Å². The molecule has 1 aliphatic rings. The lowest BCUT2D eigenvalue weighted by atomic mass is 9.98. The number of allylic oxidation sites excluding steroid dienone is 1. The number of para-hydroxylation sites is 4. The first-order valence-corrected chi connectivity index (χ1v) is 13.3. The van der Waals surface area contributed by atoms with E-state index in [1.807, 2.05) is 18.2 Å². The Morgan fingerprint density at radius 3 is 1.92 bits per heavy atom. The van der Waals surface area contributed by atoms with Crippen LogP contribution in [0, 0.1) is 5.92 Å². The van der Waals surface area contributed by atoms with Gasteiger partial charge in [-0.1, -0.05) is 61.5 Å². The van der Waals surface area contributed by atoms with Gasteiger partial charge in [0.2, 0.25) is 0 Å². The van der Waals surface area contributed by atoms with E-state index in [9.17, 15) is 0 Å². The molecule has 184 valence electrons. The van der Waals surface area contributed by atoms with Crippen LogP contribution in [0.25, 0.3) is 72.3 Å². The summed E-state index contributed by atoms with van der Waals surface area (Å²) in [5, 5.41) is 2.15. The molecule has 3 aromatic carbocycles. The van der Waals surface area contributed by atoms with E-state index in [-0.39, 0.29) is 0 Å². The third kappa shape index (κ3) is 2.85. The molecule has 0 N–H and O–H groups in total. The van der Waals surface area contributed by atoms with Crippen molar-refractivity contribution in [2.24, 2.45) is 5.92 Å². The summed E-state index contributed by atoms with van der Waals surface area (Å²) in [6.07, 6.45) is 5.37. The number of benzene rings is 3. The topological polar surface area (TPSA) is 60.4 Å². The number of hydrogen-bond donors (Lipinski definition) is 0. The highest BCUT2D eigenvalue weighted by molar-refractivity contribution is 6.06. The Balaban J connectivity index is 1.69. The third-order valence-electron chi connectivity index (χ3n) is 7.96. The molecule has 0 spiro atoms. The first-order valence-electron chi connectivity index (χ1n) is 13.3. The summed E-state index contributed by atoms with van der Waals surface area (Å²) in [5.74, 6) is 0.427. The third-order valence-corrected chi connectivity index (χ3v) is 7.96. The van der Waals surface area contributed by atoms with Gasteiger partial charge in [0, 0.05) is 10.8 Å². The highest BCUT2D eigenvalue weighted by Crippen LogP contribution is 2.34. The van der Waals surface area contributed by atoms with Crippen LogP contribution in [0.15, 0.2) is 91.0 Å². The monoisotopic (exact) mass is 502 g/mol. The lowest BCUT2D eigenvalue weighted by Gasteiger charge is -2.12. The Morgan fingerprint density at radius 1 is 0.615 bits per heavy atom. The van der Waals surface area contributed by atoms with Gasteiger partial charge in [0.05, 0.1) is 44.5 Å². The Labute approximate surface area is 222 Å². The molecule has 0 radical (unpaired) electrons. The van der Waals surface area contributed by atoms with E-state index in [2.05, 4.69) is 94.6 Å². The Kier molecular flexibility index (Phi) is 4.01. The summed E-state index contributed by atoms with van der Waals surface area (Å²) in [7, 11) is 0. The van der Waals surface area contributed by atoms with Gasteiger partial charge in [-0.2, -0.15) is 0 Å². The summed E-state index contributed by atoms with van der Waals surface area (Å²) in [6, 6.07) is 29.3. The summed E-state index contributed by atoms with van der Waals surface area (Å²) in [5.41, 5.74) is 11.2. The van der Waals surface area contributed by atoms with Crippen LogP contribution < -0.4 is 0 Å². The van der Waals surface area contributed by atoms with Crippen molar-refractivity contribution in [3.05, 3.63) is 102 Å². The molecule has 39 heavy (non-hydrogen) atoms. The number of aromatic nitrogens is 6. The Hall–Kier alpha value is -5.10. The number of hydrogen-bond acceptors (Lipinski definition) is 4. The molecule has 6 heteroatoms. The predicted octanol–water partition coefficient (Wildman–Crippen LogP) is 7.31. The van der Waals surface area contributed by atoms with Gasteiger partial charge >= 0.3 is 0 Å². The van der Waals surface area contributed by atoms with Crippen LogP contribution in [-0.4, -0.2) is 28.7 Å². The molecule has 0 aliphatic heterocycles. The minimum atomic E-state index is 0.427. The van der Waals surface area contributed by atoms with Gasteiger partial charge in [0.25, 0.3) is 0 Å². The van der Waals surface area contributed by atoms with E-state index >= 15 is 0 Å². The van der Waals surface area contributed by atoms with E-state index < -0.39 is 0 Å². The standard InChI is InChI=1S/C33H22N6/c1-19-14-15-27-25(16-19)37-33-31-28(17-20-8-2-5-11-23(20)35-31)38-26-13-7-6-12-24(26)36-32(38)30-29(39(27)33)18-21-9-3-4-10-22(21)34-30/h2-15,17-19H,16H2,1H3. The quantitative estimate of drug-likeness (QED) is 0.218. The summed E-state index contributed by atoms with van der Waals surface area (Å²) in [6.45, 7) is 2.24. The first-order chi connectivity index (χ1) is 19.2. The van der Waals surface area contributed by atoms with Gasteiger partial charge in [0.15, 0.2) is 11.3 Å². The van der Waals surface area contributed by atoms with Crippen molar-refractivity contribution in [3.63, 3.8) is 0 Å². The molecule has 0 fully saturated rings.